The fraction of sp³-hybridized carbons (Fsp3) is 0.364. The Morgan fingerprint density at radius 2 is 2.21 bits per heavy atom. The van der Waals surface area contributed by atoms with Crippen molar-refractivity contribution in [2.45, 2.75) is 11.4 Å². The smallest absolute Gasteiger partial charge is 0.270 e. The number of nitrogens with zero attached hydrogens (tertiary/aromatic N) is 2. The first kappa shape index (κ1) is 13.8. The molecule has 19 heavy (non-hydrogen) atoms. The Balaban J connectivity index is 2.07. The van der Waals surface area contributed by atoms with Gasteiger partial charge in [-0.05, 0) is 12.1 Å². The third-order valence-corrected chi connectivity index (χ3v) is 5.10. The maximum absolute atomic E-state index is 11.8. The summed E-state index contributed by atoms with van der Waals surface area (Å²) in [4.78, 5) is 15.7. The monoisotopic (exact) mass is 299 g/mol. The van der Waals surface area contributed by atoms with Gasteiger partial charge in [-0.2, -0.15) is 5.26 Å². The zero-order valence-corrected chi connectivity index (χ0v) is 11.3. The van der Waals surface area contributed by atoms with Gasteiger partial charge in [-0.15, -0.1) is 11.6 Å². The minimum atomic E-state index is -3.19. The minimum Gasteiger partial charge on any atom is -0.345 e. The van der Waals surface area contributed by atoms with Crippen LogP contribution in [0.4, 0.5) is 0 Å². The van der Waals surface area contributed by atoms with Crippen LogP contribution in [0, 0.1) is 11.3 Å². The Bertz CT molecular complexity index is 636. The van der Waals surface area contributed by atoms with Crippen molar-refractivity contribution in [2.75, 3.05) is 11.5 Å². The Morgan fingerprint density at radius 3 is 2.68 bits per heavy atom. The second-order valence-electron chi connectivity index (χ2n) is 4.22. The fourth-order valence-electron chi connectivity index (χ4n) is 1.77. The summed E-state index contributed by atoms with van der Waals surface area (Å²) in [5, 5.41) is 10.5. The standard InChI is InChI=1S/C11H10ClN3O3S/c12-8-5-19(17,18)6-10(8)15-11(16)9-2-1-7(3-13)4-14-9/h1-2,4,8,10H,5-6H2,(H,15,16). The molecule has 0 radical (unpaired) electrons. The molecule has 1 aromatic heterocycles. The Kier molecular flexibility index (Phi) is 3.73. The van der Waals surface area contributed by atoms with Crippen molar-refractivity contribution in [3.05, 3.63) is 29.6 Å². The lowest BCUT2D eigenvalue weighted by Gasteiger charge is -2.13. The van der Waals surface area contributed by atoms with Gasteiger partial charge in [0.15, 0.2) is 9.84 Å². The number of nitrogens with one attached hydrogen (secondary N) is 1. The Morgan fingerprint density at radius 1 is 1.47 bits per heavy atom. The molecule has 1 N–H and O–H groups in total. The molecule has 2 unspecified atom stereocenters. The molecule has 0 aliphatic carbocycles. The van der Waals surface area contributed by atoms with E-state index in [0.717, 1.165) is 0 Å². The lowest BCUT2D eigenvalue weighted by Crippen LogP contribution is -2.40. The van der Waals surface area contributed by atoms with Crippen molar-refractivity contribution in [2.24, 2.45) is 0 Å². The number of hydrogen-bond acceptors (Lipinski definition) is 5. The molecule has 0 aromatic carbocycles. The second kappa shape index (κ2) is 5.15. The molecule has 100 valence electrons. The summed E-state index contributed by atoms with van der Waals surface area (Å²) in [6, 6.07) is 4.14. The molecule has 0 bridgehead atoms. The summed E-state index contributed by atoms with van der Waals surface area (Å²) < 4.78 is 22.7. The van der Waals surface area contributed by atoms with Crippen LogP contribution in [-0.2, 0) is 9.84 Å². The zero-order valence-electron chi connectivity index (χ0n) is 9.71. The minimum absolute atomic E-state index is 0.118. The van der Waals surface area contributed by atoms with Gasteiger partial charge < -0.3 is 5.32 Å². The normalized spacial score (nSPS) is 24.6. The maximum Gasteiger partial charge on any atom is 0.270 e. The van der Waals surface area contributed by atoms with E-state index in [9.17, 15) is 13.2 Å². The maximum atomic E-state index is 11.8. The summed E-state index contributed by atoms with van der Waals surface area (Å²) in [6.07, 6.45) is 1.28. The van der Waals surface area contributed by atoms with Crippen molar-refractivity contribution in [3.63, 3.8) is 0 Å². The molecule has 1 aliphatic rings. The SMILES string of the molecule is N#Cc1ccc(C(=O)NC2CS(=O)(=O)CC2Cl)nc1. The van der Waals surface area contributed by atoms with Crippen LogP contribution in [-0.4, -0.2) is 42.2 Å². The summed E-state index contributed by atoms with van der Waals surface area (Å²) in [6.45, 7) is 0. The van der Waals surface area contributed by atoms with E-state index < -0.39 is 27.2 Å². The van der Waals surface area contributed by atoms with Crippen molar-refractivity contribution < 1.29 is 13.2 Å². The van der Waals surface area contributed by atoms with E-state index in [-0.39, 0.29) is 17.2 Å². The van der Waals surface area contributed by atoms with E-state index >= 15 is 0 Å². The van der Waals surface area contributed by atoms with Crippen LogP contribution in [0.1, 0.15) is 16.1 Å². The van der Waals surface area contributed by atoms with Crippen molar-refractivity contribution in [1.82, 2.24) is 10.3 Å². The summed E-state index contributed by atoms with van der Waals surface area (Å²) in [5.74, 6) is -0.805. The van der Waals surface area contributed by atoms with Crippen molar-refractivity contribution >= 4 is 27.3 Å². The molecule has 1 aromatic rings. The number of carbonyl (C=O) groups is 1. The first-order chi connectivity index (χ1) is 8.91. The molecule has 8 heteroatoms. The molecular formula is C11H10ClN3O3S. The number of aromatic nitrogens is 1. The van der Waals surface area contributed by atoms with E-state index in [2.05, 4.69) is 10.3 Å². The summed E-state index contributed by atoms with van der Waals surface area (Å²) >= 11 is 5.88. The molecule has 6 nitrogen and oxygen atoms in total. The average Bonchev–Trinajstić information content (AvgIpc) is 2.62. The molecule has 2 atom stereocenters. The van der Waals surface area contributed by atoms with E-state index in [0.29, 0.717) is 5.56 Å². The number of nitriles is 1. The van der Waals surface area contributed by atoms with Crippen LogP contribution in [0.2, 0.25) is 0 Å². The van der Waals surface area contributed by atoms with Gasteiger partial charge in [0.1, 0.15) is 11.8 Å². The highest BCUT2D eigenvalue weighted by Crippen LogP contribution is 2.18. The highest BCUT2D eigenvalue weighted by atomic mass is 35.5. The number of pyridine rings is 1. The zero-order chi connectivity index (χ0) is 14.0. The average molecular weight is 300 g/mol. The third kappa shape index (κ3) is 3.22. The van der Waals surface area contributed by atoms with Crippen LogP contribution >= 0.6 is 11.6 Å². The lowest BCUT2D eigenvalue weighted by atomic mass is 10.2. The molecule has 0 spiro atoms. The lowest BCUT2D eigenvalue weighted by molar-refractivity contribution is 0.0936. The van der Waals surface area contributed by atoms with Gasteiger partial charge in [0, 0.05) is 6.20 Å². The van der Waals surface area contributed by atoms with Crippen LogP contribution < -0.4 is 5.32 Å². The second-order valence-corrected chi connectivity index (χ2v) is 6.93. The van der Waals surface area contributed by atoms with Crippen LogP contribution in [0.15, 0.2) is 18.3 Å². The van der Waals surface area contributed by atoms with Crippen LogP contribution in [0.5, 0.6) is 0 Å². The molecule has 0 saturated carbocycles. The van der Waals surface area contributed by atoms with Gasteiger partial charge in [-0.3, -0.25) is 4.79 Å². The Hall–Kier alpha value is -1.65. The van der Waals surface area contributed by atoms with Gasteiger partial charge >= 0.3 is 0 Å². The Labute approximate surface area is 115 Å². The number of hydrogen-bond donors (Lipinski definition) is 1. The predicted molar refractivity (Wildman–Crippen MR) is 68.5 cm³/mol. The first-order valence-electron chi connectivity index (χ1n) is 5.43. The van der Waals surface area contributed by atoms with Gasteiger partial charge in [0.2, 0.25) is 0 Å². The van der Waals surface area contributed by atoms with E-state index in [1.165, 1.54) is 18.3 Å². The topological polar surface area (TPSA) is 99.9 Å². The molecule has 1 amide bonds. The number of halogens is 1. The summed E-state index contributed by atoms with van der Waals surface area (Å²) in [5.41, 5.74) is 0.461. The number of rotatable bonds is 2. The van der Waals surface area contributed by atoms with E-state index in [4.69, 9.17) is 16.9 Å². The summed E-state index contributed by atoms with van der Waals surface area (Å²) in [7, 11) is -3.19. The highest BCUT2D eigenvalue weighted by Gasteiger charge is 2.37. The largest absolute Gasteiger partial charge is 0.345 e. The molecule has 1 fully saturated rings. The van der Waals surface area contributed by atoms with E-state index in [1.54, 1.807) is 0 Å². The third-order valence-electron chi connectivity index (χ3n) is 2.72. The van der Waals surface area contributed by atoms with Gasteiger partial charge in [0.25, 0.3) is 5.91 Å². The quantitative estimate of drug-likeness (QED) is 0.780. The van der Waals surface area contributed by atoms with Gasteiger partial charge in [-0.25, -0.2) is 13.4 Å². The van der Waals surface area contributed by atoms with Crippen LogP contribution in [0.3, 0.4) is 0 Å². The van der Waals surface area contributed by atoms with Gasteiger partial charge in [-0.1, -0.05) is 0 Å². The van der Waals surface area contributed by atoms with E-state index in [1.807, 2.05) is 6.07 Å². The van der Waals surface area contributed by atoms with Gasteiger partial charge in [0.05, 0.1) is 28.5 Å². The molecular weight excluding hydrogens is 290 g/mol. The molecule has 1 saturated heterocycles. The number of carbonyl (C=O) groups excluding carboxylic acids is 1. The highest BCUT2D eigenvalue weighted by molar-refractivity contribution is 7.91. The molecule has 2 rings (SSSR count). The number of sulfone groups is 1. The molecule has 2 heterocycles. The number of amides is 1. The first-order valence-corrected chi connectivity index (χ1v) is 7.68. The van der Waals surface area contributed by atoms with Crippen LogP contribution in [0.25, 0.3) is 0 Å². The van der Waals surface area contributed by atoms with Crippen molar-refractivity contribution in [3.8, 4) is 6.07 Å². The number of alkyl halides is 1. The van der Waals surface area contributed by atoms with Crippen molar-refractivity contribution in [1.29, 1.82) is 5.26 Å². The predicted octanol–water partition coefficient (Wildman–Crippen LogP) is 0.0875. The fourth-order valence-corrected chi connectivity index (χ4v) is 4.32. The molecule has 1 aliphatic heterocycles.